The molecule has 3 aromatic carbocycles. The van der Waals surface area contributed by atoms with Gasteiger partial charge in [-0.25, -0.2) is 0 Å². The molecule has 2 heterocycles. The second-order valence-corrected chi connectivity index (χ2v) is 8.25. The third kappa shape index (κ3) is 3.74. The van der Waals surface area contributed by atoms with Crippen molar-refractivity contribution in [2.45, 2.75) is 27.1 Å². The number of Topliss-reactive ketones (excluding diaryl/α,β-unsaturated/α-hetero) is 1. The van der Waals surface area contributed by atoms with E-state index in [0.29, 0.717) is 46.6 Å². The number of allylic oxidation sites excluding steroid dienone is 1. The first-order valence-corrected chi connectivity index (χ1v) is 10.7. The van der Waals surface area contributed by atoms with Crippen molar-refractivity contribution in [3.05, 3.63) is 92.7 Å². The Hall–Kier alpha value is -3.28. The molecular weight excluding hydrogens is 428 g/mol. The average molecular weight is 449 g/mol. The predicted octanol–water partition coefficient (Wildman–Crippen LogP) is 6.02. The first-order valence-electron chi connectivity index (χ1n) is 10.3. The van der Waals surface area contributed by atoms with E-state index in [1.54, 1.807) is 24.3 Å². The number of ketones is 1. The molecule has 0 bridgehead atoms. The molecule has 0 saturated carbocycles. The summed E-state index contributed by atoms with van der Waals surface area (Å²) in [7, 11) is 0. The van der Waals surface area contributed by atoms with E-state index in [-0.39, 0.29) is 18.3 Å². The third-order valence-electron chi connectivity index (χ3n) is 5.67. The Labute approximate surface area is 191 Å². The number of fused-ring (bicyclic) bond motifs is 2. The Bertz CT molecular complexity index is 1260. The Kier molecular flexibility index (Phi) is 5.37. The molecular formula is C26H21ClO5. The van der Waals surface area contributed by atoms with Gasteiger partial charge in [0.25, 0.3) is 0 Å². The second-order valence-electron chi connectivity index (χ2n) is 7.81. The highest BCUT2D eigenvalue weighted by Gasteiger charge is 2.31. The average Bonchev–Trinajstić information content (AvgIpc) is 3.10. The Morgan fingerprint density at radius 2 is 1.94 bits per heavy atom. The van der Waals surface area contributed by atoms with Gasteiger partial charge in [-0.3, -0.25) is 4.79 Å². The zero-order chi connectivity index (χ0) is 22.2. The van der Waals surface area contributed by atoms with Crippen molar-refractivity contribution < 1.29 is 23.7 Å². The highest BCUT2D eigenvalue weighted by Crippen LogP contribution is 2.41. The Morgan fingerprint density at radius 3 is 2.78 bits per heavy atom. The molecule has 0 saturated heterocycles. The smallest absolute Gasteiger partial charge is 0.231 e. The van der Waals surface area contributed by atoms with Crippen LogP contribution in [0.25, 0.3) is 6.08 Å². The molecule has 2 aliphatic heterocycles. The van der Waals surface area contributed by atoms with Crippen LogP contribution < -0.4 is 14.2 Å². The van der Waals surface area contributed by atoms with Gasteiger partial charge >= 0.3 is 0 Å². The molecule has 6 heteroatoms. The van der Waals surface area contributed by atoms with E-state index < -0.39 is 0 Å². The molecule has 0 fully saturated rings. The summed E-state index contributed by atoms with van der Waals surface area (Å²) in [6, 6.07) is 15.2. The van der Waals surface area contributed by atoms with Gasteiger partial charge in [0.05, 0.1) is 12.2 Å². The summed E-state index contributed by atoms with van der Waals surface area (Å²) in [4.78, 5) is 13.0. The van der Waals surface area contributed by atoms with Crippen molar-refractivity contribution in [1.29, 1.82) is 0 Å². The fourth-order valence-corrected chi connectivity index (χ4v) is 4.16. The quantitative estimate of drug-likeness (QED) is 0.457. The first-order chi connectivity index (χ1) is 15.5. The van der Waals surface area contributed by atoms with Gasteiger partial charge < -0.3 is 18.9 Å². The third-order valence-corrected chi connectivity index (χ3v) is 5.89. The summed E-state index contributed by atoms with van der Waals surface area (Å²) in [6.45, 7) is 4.95. The second kappa shape index (κ2) is 8.34. The van der Waals surface area contributed by atoms with Crippen LogP contribution in [0, 0.1) is 13.8 Å². The molecule has 0 unspecified atom stereocenters. The monoisotopic (exact) mass is 448 g/mol. The van der Waals surface area contributed by atoms with Crippen molar-refractivity contribution in [2.75, 3.05) is 6.79 Å². The van der Waals surface area contributed by atoms with Crippen LogP contribution in [0.4, 0.5) is 0 Å². The number of carbonyl (C=O) groups excluding carboxylic acids is 1. The highest BCUT2D eigenvalue weighted by atomic mass is 35.5. The maximum atomic E-state index is 13.0. The minimum Gasteiger partial charge on any atom is -0.488 e. The largest absolute Gasteiger partial charge is 0.488 e. The summed E-state index contributed by atoms with van der Waals surface area (Å²) >= 11 is 6.25. The summed E-state index contributed by atoms with van der Waals surface area (Å²) < 4.78 is 23.0. The maximum Gasteiger partial charge on any atom is 0.231 e. The fraction of sp³-hybridized carbons (Fsp3) is 0.192. The Morgan fingerprint density at radius 1 is 1.09 bits per heavy atom. The zero-order valence-electron chi connectivity index (χ0n) is 17.7. The number of carbonyl (C=O) groups is 1. The fourth-order valence-electron chi connectivity index (χ4n) is 3.91. The molecule has 32 heavy (non-hydrogen) atoms. The number of ether oxygens (including phenoxy) is 4. The molecule has 0 radical (unpaired) electrons. The van der Waals surface area contributed by atoms with Gasteiger partial charge in [0, 0.05) is 21.7 Å². The van der Waals surface area contributed by atoms with Crippen molar-refractivity contribution in [3.8, 4) is 17.2 Å². The van der Waals surface area contributed by atoms with E-state index in [1.807, 2.05) is 31.2 Å². The van der Waals surface area contributed by atoms with Crippen LogP contribution in [0.3, 0.4) is 0 Å². The van der Waals surface area contributed by atoms with Gasteiger partial charge in [-0.15, -0.1) is 0 Å². The predicted molar refractivity (Wildman–Crippen MR) is 121 cm³/mol. The van der Waals surface area contributed by atoms with Crippen molar-refractivity contribution in [3.63, 3.8) is 0 Å². The van der Waals surface area contributed by atoms with Gasteiger partial charge in [0.15, 0.2) is 12.6 Å². The van der Waals surface area contributed by atoms with Crippen LogP contribution in [0.5, 0.6) is 17.2 Å². The molecule has 0 N–H and O–H groups in total. The molecule has 3 aromatic rings. The van der Waals surface area contributed by atoms with E-state index in [2.05, 4.69) is 13.0 Å². The lowest BCUT2D eigenvalue weighted by atomic mass is 10.0. The summed E-state index contributed by atoms with van der Waals surface area (Å²) in [5, 5.41) is 0.538. The van der Waals surface area contributed by atoms with Gasteiger partial charge in [0.2, 0.25) is 5.78 Å². The van der Waals surface area contributed by atoms with Gasteiger partial charge in [-0.1, -0.05) is 35.9 Å². The number of aryl methyl sites for hydroxylation is 1. The normalized spacial score (nSPS) is 15.7. The summed E-state index contributed by atoms with van der Waals surface area (Å²) in [5.41, 5.74) is 5.09. The van der Waals surface area contributed by atoms with Crippen LogP contribution in [0.1, 0.15) is 38.2 Å². The van der Waals surface area contributed by atoms with Crippen molar-refractivity contribution >= 4 is 23.5 Å². The first kappa shape index (κ1) is 20.6. The van der Waals surface area contributed by atoms with E-state index in [4.69, 9.17) is 30.5 Å². The molecule has 0 aromatic heterocycles. The number of benzene rings is 3. The van der Waals surface area contributed by atoms with Gasteiger partial charge in [-0.05, 0) is 55.3 Å². The van der Waals surface area contributed by atoms with Crippen molar-refractivity contribution in [2.24, 2.45) is 0 Å². The standard InChI is InChI=1S/C26H21ClO5/c1-15-5-3-4-6-17(15)13-30-22-8-7-21-24(28)23(32-25(21)16(22)2)11-18-9-20(27)10-19-12-29-14-31-26(18)19/h3-11H,12-14H2,1-2H3/b23-11-. The minimum absolute atomic E-state index is 0.153. The number of hydrogen-bond acceptors (Lipinski definition) is 5. The topological polar surface area (TPSA) is 54.0 Å². The minimum atomic E-state index is -0.186. The molecule has 162 valence electrons. The SMILES string of the molecule is Cc1ccccc1COc1ccc2c(c1C)O/C(=C\c1cc(Cl)cc3c1OCOC3)C2=O. The van der Waals surface area contributed by atoms with Crippen LogP contribution in [0.2, 0.25) is 5.02 Å². The van der Waals surface area contributed by atoms with Gasteiger partial charge in [0.1, 0.15) is 23.9 Å². The number of rotatable bonds is 4. The highest BCUT2D eigenvalue weighted by molar-refractivity contribution is 6.31. The van der Waals surface area contributed by atoms with E-state index in [9.17, 15) is 4.79 Å². The molecule has 5 nitrogen and oxygen atoms in total. The molecule has 0 spiro atoms. The lowest BCUT2D eigenvalue weighted by Gasteiger charge is -2.20. The zero-order valence-corrected chi connectivity index (χ0v) is 18.5. The van der Waals surface area contributed by atoms with E-state index in [0.717, 1.165) is 16.7 Å². The van der Waals surface area contributed by atoms with Crippen LogP contribution in [-0.4, -0.2) is 12.6 Å². The Balaban J connectivity index is 1.43. The summed E-state index contributed by atoms with van der Waals surface area (Å²) in [5.74, 6) is 1.89. The molecule has 0 aliphatic carbocycles. The van der Waals surface area contributed by atoms with Crippen molar-refractivity contribution in [1.82, 2.24) is 0 Å². The lowest BCUT2D eigenvalue weighted by Crippen LogP contribution is -2.12. The van der Waals surface area contributed by atoms with E-state index in [1.165, 1.54) is 5.56 Å². The van der Waals surface area contributed by atoms with E-state index >= 15 is 0 Å². The molecule has 2 aliphatic rings. The van der Waals surface area contributed by atoms with Gasteiger partial charge in [-0.2, -0.15) is 0 Å². The molecule has 5 rings (SSSR count). The summed E-state index contributed by atoms with van der Waals surface area (Å²) in [6.07, 6.45) is 1.67. The number of hydrogen-bond donors (Lipinski definition) is 0. The van der Waals surface area contributed by atoms with Crippen LogP contribution >= 0.6 is 11.6 Å². The molecule has 0 amide bonds. The lowest BCUT2D eigenvalue weighted by molar-refractivity contribution is -0.0165. The van der Waals surface area contributed by atoms with Crippen LogP contribution in [0.15, 0.2) is 54.3 Å². The number of halogens is 1. The van der Waals surface area contributed by atoms with Crippen LogP contribution in [-0.2, 0) is 18.0 Å². The maximum absolute atomic E-state index is 13.0. The molecule has 0 atom stereocenters.